The number of piperazine rings is 1. The van der Waals surface area contributed by atoms with Gasteiger partial charge in [0, 0.05) is 31.9 Å². The monoisotopic (exact) mass is 503 g/mol. The molecule has 1 aliphatic heterocycles. The molecule has 1 saturated heterocycles. The second kappa shape index (κ2) is 12.8. The van der Waals surface area contributed by atoms with Crippen molar-refractivity contribution in [1.82, 2.24) is 14.8 Å². The van der Waals surface area contributed by atoms with Gasteiger partial charge in [0.15, 0.2) is 5.13 Å². The number of amides is 1. The van der Waals surface area contributed by atoms with E-state index in [0.29, 0.717) is 27.4 Å². The van der Waals surface area contributed by atoms with Gasteiger partial charge in [0.1, 0.15) is 11.5 Å². The number of guanidine groups is 1. The van der Waals surface area contributed by atoms with Crippen LogP contribution in [0.2, 0.25) is 5.02 Å². The first-order valence-corrected chi connectivity index (χ1v) is 12.9. The number of aromatic nitrogens is 1. The van der Waals surface area contributed by atoms with Gasteiger partial charge in [0.2, 0.25) is 5.96 Å². The molecule has 8 nitrogen and oxygen atoms in total. The van der Waals surface area contributed by atoms with Crippen LogP contribution in [0.1, 0.15) is 48.8 Å². The summed E-state index contributed by atoms with van der Waals surface area (Å²) in [5, 5.41) is 7.23. The van der Waals surface area contributed by atoms with E-state index >= 15 is 0 Å². The van der Waals surface area contributed by atoms with Crippen LogP contribution in [0.25, 0.3) is 0 Å². The van der Waals surface area contributed by atoms with Gasteiger partial charge in [-0.3, -0.25) is 9.69 Å². The molecule has 1 aromatic heterocycles. The molecule has 0 spiro atoms. The number of hydrogen-bond donors (Lipinski definition) is 2. The Bertz CT molecular complexity index is 1010. The maximum atomic E-state index is 12.7. The molecule has 0 bridgehead atoms. The van der Waals surface area contributed by atoms with Crippen molar-refractivity contribution in [3.8, 4) is 0 Å². The Hall–Kier alpha value is -2.49. The maximum absolute atomic E-state index is 12.7. The molecule has 1 fully saturated rings. The summed E-state index contributed by atoms with van der Waals surface area (Å²) in [6.07, 6.45) is 3.62. The second-order valence-electron chi connectivity index (χ2n) is 8.24. The molecule has 2 N–H and O–H groups in total. The SMILES string of the molecule is CCCN1CCN(C(N=C(C)CC)=NCNc2ncc(C(=O)Nc3c(C)cccc3Cl)s2)CC1. The Morgan fingerprint density at radius 1 is 1.24 bits per heavy atom. The Morgan fingerprint density at radius 2 is 2.00 bits per heavy atom. The summed E-state index contributed by atoms with van der Waals surface area (Å²) in [5.41, 5.74) is 2.58. The van der Waals surface area contributed by atoms with Crippen molar-refractivity contribution in [3.63, 3.8) is 0 Å². The fraction of sp³-hybridized carbons (Fsp3) is 0.500. The van der Waals surface area contributed by atoms with Crippen LogP contribution in [-0.2, 0) is 0 Å². The quantitative estimate of drug-likeness (QED) is 0.392. The van der Waals surface area contributed by atoms with Gasteiger partial charge in [-0.05, 0) is 44.9 Å². The van der Waals surface area contributed by atoms with E-state index in [1.165, 1.54) is 17.8 Å². The molecule has 1 aromatic carbocycles. The first kappa shape index (κ1) is 26.1. The Labute approximate surface area is 211 Å². The highest BCUT2D eigenvalue weighted by Crippen LogP contribution is 2.27. The highest BCUT2D eigenvalue weighted by atomic mass is 35.5. The third-order valence-electron chi connectivity index (χ3n) is 5.64. The zero-order valence-electron chi connectivity index (χ0n) is 20.4. The van der Waals surface area contributed by atoms with Crippen molar-refractivity contribution >= 4 is 51.3 Å². The van der Waals surface area contributed by atoms with Gasteiger partial charge < -0.3 is 15.5 Å². The van der Waals surface area contributed by atoms with Crippen molar-refractivity contribution in [3.05, 3.63) is 39.9 Å². The summed E-state index contributed by atoms with van der Waals surface area (Å²) in [5.74, 6) is 0.519. The Kier molecular flexibility index (Phi) is 9.86. The fourth-order valence-electron chi connectivity index (χ4n) is 3.55. The van der Waals surface area contributed by atoms with Crippen LogP contribution in [0.15, 0.2) is 34.4 Å². The molecule has 2 heterocycles. The predicted molar refractivity (Wildman–Crippen MR) is 144 cm³/mol. The molecule has 0 saturated carbocycles. The van der Waals surface area contributed by atoms with Crippen LogP contribution in [0.3, 0.4) is 0 Å². The lowest BCUT2D eigenvalue weighted by atomic mass is 10.2. The van der Waals surface area contributed by atoms with E-state index in [1.807, 2.05) is 26.0 Å². The normalized spacial score (nSPS) is 15.5. The first-order valence-electron chi connectivity index (χ1n) is 11.7. The number of nitrogens with one attached hydrogen (secondary N) is 2. The summed E-state index contributed by atoms with van der Waals surface area (Å²) in [6, 6.07) is 5.52. The maximum Gasteiger partial charge on any atom is 0.267 e. The van der Waals surface area contributed by atoms with E-state index in [9.17, 15) is 4.79 Å². The molecule has 0 unspecified atom stereocenters. The van der Waals surface area contributed by atoms with Crippen LogP contribution in [0, 0.1) is 6.92 Å². The lowest BCUT2D eigenvalue weighted by Crippen LogP contribution is -2.48. The van der Waals surface area contributed by atoms with Gasteiger partial charge in [-0.15, -0.1) is 0 Å². The number of carbonyl (C=O) groups excluding carboxylic acids is 1. The van der Waals surface area contributed by atoms with Gasteiger partial charge >= 0.3 is 0 Å². The smallest absolute Gasteiger partial charge is 0.267 e. The van der Waals surface area contributed by atoms with E-state index in [2.05, 4.69) is 39.3 Å². The largest absolute Gasteiger partial charge is 0.342 e. The van der Waals surface area contributed by atoms with E-state index < -0.39 is 0 Å². The third kappa shape index (κ3) is 7.25. The number of benzene rings is 1. The van der Waals surface area contributed by atoms with Crippen LogP contribution >= 0.6 is 22.9 Å². The zero-order valence-corrected chi connectivity index (χ0v) is 22.0. The van der Waals surface area contributed by atoms with Crippen LogP contribution < -0.4 is 10.6 Å². The second-order valence-corrected chi connectivity index (χ2v) is 9.68. The number of hydrogen-bond acceptors (Lipinski definition) is 6. The van der Waals surface area contributed by atoms with Crippen molar-refractivity contribution in [1.29, 1.82) is 0 Å². The Balaban J connectivity index is 1.61. The molecule has 2 aromatic rings. The summed E-state index contributed by atoms with van der Waals surface area (Å²) in [6.45, 7) is 13.6. The highest BCUT2D eigenvalue weighted by Gasteiger charge is 2.19. The van der Waals surface area contributed by atoms with E-state index in [1.54, 1.807) is 12.3 Å². The summed E-state index contributed by atoms with van der Waals surface area (Å²) in [7, 11) is 0. The number of nitrogens with zero attached hydrogens (tertiary/aromatic N) is 5. The molecule has 3 rings (SSSR count). The highest BCUT2D eigenvalue weighted by molar-refractivity contribution is 7.17. The van der Waals surface area contributed by atoms with Gasteiger partial charge in [-0.2, -0.15) is 0 Å². The minimum absolute atomic E-state index is 0.237. The summed E-state index contributed by atoms with van der Waals surface area (Å²) < 4.78 is 0. The van der Waals surface area contributed by atoms with Crippen LogP contribution in [0.5, 0.6) is 0 Å². The Morgan fingerprint density at radius 3 is 2.68 bits per heavy atom. The summed E-state index contributed by atoms with van der Waals surface area (Å²) >= 11 is 7.51. The standard InChI is InChI=1S/C24H34ClN7OS/c1-5-10-31-11-13-32(14-12-31)23(29-18(4)6-2)27-16-28-24-26-15-20(34-24)22(33)30-21-17(3)8-7-9-19(21)25/h7-9,15H,5-6,10-14,16H2,1-4H3,(H,26,28)(H,30,33). The zero-order chi connectivity index (χ0) is 24.5. The predicted octanol–water partition coefficient (Wildman–Crippen LogP) is 4.98. The van der Waals surface area contributed by atoms with Gasteiger partial charge in [-0.25, -0.2) is 15.0 Å². The third-order valence-corrected chi connectivity index (χ3v) is 6.91. The molecule has 1 amide bonds. The minimum Gasteiger partial charge on any atom is -0.342 e. The summed E-state index contributed by atoms with van der Waals surface area (Å²) in [4.78, 5) is 31.7. The first-order chi connectivity index (χ1) is 16.4. The van der Waals surface area contributed by atoms with Gasteiger partial charge in [-0.1, -0.05) is 48.9 Å². The molecular formula is C24H34ClN7OS. The van der Waals surface area contributed by atoms with Crippen LogP contribution in [-0.4, -0.2) is 71.8 Å². The van der Waals surface area contributed by atoms with E-state index in [-0.39, 0.29) is 5.91 Å². The number of anilines is 2. The molecule has 0 atom stereocenters. The lowest BCUT2D eigenvalue weighted by Gasteiger charge is -2.35. The van der Waals surface area contributed by atoms with Crippen molar-refractivity contribution < 1.29 is 4.79 Å². The minimum atomic E-state index is -0.237. The molecule has 0 aliphatic carbocycles. The number of halogens is 1. The molecule has 1 aliphatic rings. The average molecular weight is 504 g/mol. The number of aliphatic imine (C=N–C) groups is 2. The lowest BCUT2D eigenvalue weighted by molar-refractivity contribution is 0.103. The number of rotatable bonds is 8. The number of aryl methyl sites for hydroxylation is 1. The molecule has 184 valence electrons. The average Bonchev–Trinajstić information content (AvgIpc) is 3.30. The molecule has 0 radical (unpaired) electrons. The van der Waals surface area contributed by atoms with Crippen LogP contribution in [0.4, 0.5) is 10.8 Å². The van der Waals surface area contributed by atoms with Crippen molar-refractivity contribution in [2.75, 3.05) is 50.0 Å². The van der Waals surface area contributed by atoms with Crippen molar-refractivity contribution in [2.24, 2.45) is 9.98 Å². The number of thiazole rings is 1. The molecule has 34 heavy (non-hydrogen) atoms. The van der Waals surface area contributed by atoms with E-state index in [0.717, 1.165) is 56.4 Å². The molecular weight excluding hydrogens is 470 g/mol. The van der Waals surface area contributed by atoms with E-state index in [4.69, 9.17) is 21.6 Å². The fourth-order valence-corrected chi connectivity index (χ4v) is 4.52. The number of para-hydroxylation sites is 1. The molecule has 10 heteroatoms. The number of carbonyl (C=O) groups is 1. The topological polar surface area (TPSA) is 85.2 Å². The van der Waals surface area contributed by atoms with Gasteiger partial charge in [0.25, 0.3) is 5.91 Å². The van der Waals surface area contributed by atoms with Crippen molar-refractivity contribution in [2.45, 2.75) is 40.5 Å². The van der Waals surface area contributed by atoms with Gasteiger partial charge in [0.05, 0.1) is 16.9 Å².